The lowest BCUT2D eigenvalue weighted by atomic mass is 9.94. The van der Waals surface area contributed by atoms with E-state index in [1.54, 1.807) is 0 Å². The molecule has 1 saturated carbocycles. The third-order valence-corrected chi connectivity index (χ3v) is 6.05. The van der Waals surface area contributed by atoms with Crippen LogP contribution in [0.4, 0.5) is 0 Å². The molecule has 2 aliphatic heterocycles. The summed E-state index contributed by atoms with van der Waals surface area (Å²) in [6.45, 7) is 4.59. The summed E-state index contributed by atoms with van der Waals surface area (Å²) in [5.74, 6) is -0.425. The van der Waals surface area contributed by atoms with Crippen LogP contribution in [0.25, 0.3) is 0 Å². The van der Waals surface area contributed by atoms with E-state index in [-0.39, 0.29) is 6.04 Å². The van der Waals surface area contributed by atoms with Crippen molar-refractivity contribution in [3.05, 3.63) is 0 Å². The topological polar surface area (TPSA) is 70.7 Å². The normalized spacial score (nSPS) is 24.8. The molecule has 6 nitrogen and oxygen atoms in total. The lowest BCUT2D eigenvalue weighted by Crippen LogP contribution is -2.48. The number of carbonyl (C=O) groups excluding carboxylic acids is 2. The minimum absolute atomic E-state index is 0.190. The van der Waals surface area contributed by atoms with Crippen LogP contribution in [0.15, 0.2) is 0 Å². The first-order valence-corrected chi connectivity index (χ1v) is 10.1. The molecule has 3 fully saturated rings. The zero-order valence-electron chi connectivity index (χ0n) is 15.3. The van der Waals surface area contributed by atoms with Crippen molar-refractivity contribution >= 4 is 11.8 Å². The first-order valence-electron chi connectivity index (χ1n) is 10.1. The molecule has 3 rings (SSSR count). The number of carbonyl (C=O) groups is 2. The van der Waals surface area contributed by atoms with E-state index in [4.69, 9.17) is 4.74 Å². The number of nitrogens with one attached hydrogen (secondary N) is 2. The summed E-state index contributed by atoms with van der Waals surface area (Å²) < 4.78 is 5.44. The van der Waals surface area contributed by atoms with Crippen molar-refractivity contribution in [2.24, 2.45) is 5.92 Å². The molecule has 0 aromatic carbocycles. The van der Waals surface area contributed by atoms with Gasteiger partial charge in [-0.1, -0.05) is 19.3 Å². The van der Waals surface area contributed by atoms with Crippen LogP contribution in [0.2, 0.25) is 0 Å². The fourth-order valence-electron chi connectivity index (χ4n) is 4.39. The molecule has 2 N–H and O–H groups in total. The second-order valence-electron chi connectivity index (χ2n) is 7.84. The number of nitrogens with zero attached hydrogens (tertiary/aromatic N) is 1. The van der Waals surface area contributed by atoms with Gasteiger partial charge in [0.1, 0.15) is 0 Å². The number of likely N-dealkylation sites (tertiary alicyclic amines) is 1. The first kappa shape index (κ1) is 18.6. The molecule has 0 bridgehead atoms. The Balaban J connectivity index is 1.32. The molecule has 0 atom stereocenters. The smallest absolute Gasteiger partial charge is 0.309 e. The maximum absolute atomic E-state index is 12.0. The van der Waals surface area contributed by atoms with Gasteiger partial charge in [-0.15, -0.1) is 0 Å². The van der Waals surface area contributed by atoms with Crippen LogP contribution in [0.1, 0.15) is 57.8 Å². The van der Waals surface area contributed by atoms with E-state index in [1.165, 1.54) is 6.42 Å². The predicted molar refractivity (Wildman–Crippen MR) is 96.2 cm³/mol. The summed E-state index contributed by atoms with van der Waals surface area (Å²) in [4.78, 5) is 26.6. The van der Waals surface area contributed by atoms with Gasteiger partial charge in [-0.05, 0) is 57.5 Å². The molecular weight excluding hydrogens is 318 g/mol. The van der Waals surface area contributed by atoms with Gasteiger partial charge in [0.05, 0.1) is 0 Å². The van der Waals surface area contributed by atoms with Gasteiger partial charge in [-0.3, -0.25) is 9.59 Å². The van der Waals surface area contributed by atoms with Crippen LogP contribution in [0, 0.1) is 5.92 Å². The highest BCUT2D eigenvalue weighted by Gasteiger charge is 2.27. The number of ether oxygens (including phenoxy) is 1. The van der Waals surface area contributed by atoms with Gasteiger partial charge in [0, 0.05) is 31.8 Å². The molecule has 0 radical (unpaired) electrons. The molecule has 0 aromatic heterocycles. The number of hydrogen-bond acceptors (Lipinski definition) is 4. The Morgan fingerprint density at radius 3 is 2.24 bits per heavy atom. The molecule has 0 spiro atoms. The zero-order chi connectivity index (χ0) is 17.5. The number of hydrogen-bond donors (Lipinski definition) is 2. The lowest BCUT2D eigenvalue weighted by Gasteiger charge is -2.39. The maximum Gasteiger partial charge on any atom is 0.309 e. The quantitative estimate of drug-likeness (QED) is 0.752. The van der Waals surface area contributed by atoms with Crippen molar-refractivity contribution in [1.29, 1.82) is 0 Å². The first-order chi connectivity index (χ1) is 12.2. The van der Waals surface area contributed by atoms with Crippen LogP contribution in [-0.2, 0) is 14.3 Å². The third kappa shape index (κ3) is 5.68. The summed E-state index contributed by atoms with van der Waals surface area (Å²) in [6, 6.07) is 0.861. The Hall–Kier alpha value is -1.14. The second-order valence-corrected chi connectivity index (χ2v) is 7.84. The Morgan fingerprint density at radius 2 is 1.56 bits per heavy atom. The maximum atomic E-state index is 12.0. The molecule has 25 heavy (non-hydrogen) atoms. The molecule has 0 aromatic rings. The fourth-order valence-corrected chi connectivity index (χ4v) is 4.39. The molecular formula is C19H33N3O3. The number of piperidine rings is 1. The predicted octanol–water partition coefficient (Wildman–Crippen LogP) is 1.44. The highest BCUT2D eigenvalue weighted by atomic mass is 16.5. The van der Waals surface area contributed by atoms with E-state index in [0.29, 0.717) is 18.5 Å². The van der Waals surface area contributed by atoms with Gasteiger partial charge < -0.3 is 20.3 Å². The van der Waals surface area contributed by atoms with Gasteiger partial charge in [0.15, 0.2) is 0 Å². The minimum Gasteiger partial charge on any atom is -0.381 e. The summed E-state index contributed by atoms with van der Waals surface area (Å²) in [6.07, 6.45) is 10.0. The van der Waals surface area contributed by atoms with Gasteiger partial charge >= 0.3 is 11.8 Å². The van der Waals surface area contributed by atoms with Gasteiger partial charge in [0.2, 0.25) is 0 Å². The standard InChI is InChI=1S/C19H33N3O3/c23-18(19(24)21-16-4-2-1-3-5-16)20-14-15-6-10-22(11-7-15)17-8-12-25-13-9-17/h15-17H,1-14H2,(H,20,23)(H,21,24). The Kier molecular flexibility index (Phi) is 7.11. The average molecular weight is 351 g/mol. The van der Waals surface area contributed by atoms with Crippen molar-refractivity contribution < 1.29 is 14.3 Å². The van der Waals surface area contributed by atoms with Crippen LogP contribution in [0.5, 0.6) is 0 Å². The van der Waals surface area contributed by atoms with Crippen LogP contribution in [0.3, 0.4) is 0 Å². The third-order valence-electron chi connectivity index (χ3n) is 6.05. The highest BCUT2D eigenvalue weighted by Crippen LogP contribution is 2.22. The Labute approximate surface area is 151 Å². The van der Waals surface area contributed by atoms with Gasteiger partial charge in [-0.2, -0.15) is 0 Å². The Morgan fingerprint density at radius 1 is 0.880 bits per heavy atom. The van der Waals surface area contributed by atoms with Crippen molar-refractivity contribution in [3.63, 3.8) is 0 Å². The average Bonchev–Trinajstić information content (AvgIpc) is 2.68. The van der Waals surface area contributed by atoms with Crippen molar-refractivity contribution in [2.75, 3.05) is 32.8 Å². The largest absolute Gasteiger partial charge is 0.381 e. The molecule has 6 heteroatoms. The summed E-state index contributed by atoms with van der Waals surface area (Å²) >= 11 is 0. The SMILES string of the molecule is O=C(NCC1CCN(C2CCOCC2)CC1)C(=O)NC1CCCCC1. The van der Waals surface area contributed by atoms with Crippen molar-refractivity contribution in [1.82, 2.24) is 15.5 Å². The monoisotopic (exact) mass is 351 g/mol. The van der Waals surface area contributed by atoms with E-state index in [0.717, 1.165) is 77.7 Å². The molecule has 2 saturated heterocycles. The number of rotatable bonds is 4. The van der Waals surface area contributed by atoms with Gasteiger partial charge in [0.25, 0.3) is 0 Å². The molecule has 142 valence electrons. The van der Waals surface area contributed by atoms with E-state index in [9.17, 15) is 9.59 Å². The summed E-state index contributed by atoms with van der Waals surface area (Å²) in [5.41, 5.74) is 0. The van der Waals surface area contributed by atoms with Crippen LogP contribution < -0.4 is 10.6 Å². The summed E-state index contributed by atoms with van der Waals surface area (Å²) in [7, 11) is 0. The fraction of sp³-hybridized carbons (Fsp3) is 0.895. The molecule has 1 aliphatic carbocycles. The van der Waals surface area contributed by atoms with E-state index < -0.39 is 11.8 Å². The molecule has 0 unspecified atom stereocenters. The van der Waals surface area contributed by atoms with Gasteiger partial charge in [-0.25, -0.2) is 0 Å². The zero-order valence-corrected chi connectivity index (χ0v) is 15.3. The van der Waals surface area contributed by atoms with Crippen molar-refractivity contribution in [3.8, 4) is 0 Å². The van der Waals surface area contributed by atoms with Crippen LogP contribution in [-0.4, -0.2) is 61.6 Å². The molecule has 2 amide bonds. The van der Waals surface area contributed by atoms with E-state index >= 15 is 0 Å². The molecule has 2 heterocycles. The lowest BCUT2D eigenvalue weighted by molar-refractivity contribution is -0.139. The number of amides is 2. The second kappa shape index (κ2) is 9.53. The van der Waals surface area contributed by atoms with E-state index in [1.807, 2.05) is 0 Å². The summed E-state index contributed by atoms with van der Waals surface area (Å²) in [5, 5.41) is 5.73. The van der Waals surface area contributed by atoms with Crippen molar-refractivity contribution in [2.45, 2.75) is 69.9 Å². The minimum atomic E-state index is -0.461. The van der Waals surface area contributed by atoms with E-state index in [2.05, 4.69) is 15.5 Å². The molecule has 3 aliphatic rings. The Bertz CT molecular complexity index is 437. The highest BCUT2D eigenvalue weighted by molar-refractivity contribution is 6.35. The van der Waals surface area contributed by atoms with Crippen LogP contribution >= 0.6 is 0 Å².